The zero-order valence-electron chi connectivity index (χ0n) is 17.5. The van der Waals surface area contributed by atoms with Crippen molar-refractivity contribution in [3.8, 4) is 11.5 Å². The van der Waals surface area contributed by atoms with E-state index in [1.165, 1.54) is 30.5 Å². The molecule has 0 aliphatic carbocycles. The molecule has 2 N–H and O–H groups in total. The molecule has 7 nitrogen and oxygen atoms in total. The molecule has 0 bridgehead atoms. The van der Waals surface area contributed by atoms with Crippen LogP contribution in [0.2, 0.25) is 0 Å². The van der Waals surface area contributed by atoms with Crippen LogP contribution in [0.4, 0.5) is 5.82 Å². The van der Waals surface area contributed by atoms with E-state index in [0.717, 1.165) is 5.56 Å². The number of amides is 1. The molecule has 0 saturated heterocycles. The van der Waals surface area contributed by atoms with E-state index in [4.69, 9.17) is 4.74 Å². The van der Waals surface area contributed by atoms with Crippen LogP contribution >= 0.6 is 11.8 Å². The lowest BCUT2D eigenvalue weighted by atomic mass is 9.86. The largest absolute Gasteiger partial charge is 0.504 e. The maximum absolute atomic E-state index is 13.0. The number of methoxy groups -OCH3 is 1. The lowest BCUT2D eigenvalue weighted by Crippen LogP contribution is -2.33. The molecule has 1 aliphatic rings. The third-order valence-corrected chi connectivity index (χ3v) is 6.50. The molecular formula is C23H23N3O4S. The molecule has 1 atom stereocenters. The average molecular weight is 438 g/mol. The second kappa shape index (κ2) is 8.47. The first-order valence-electron chi connectivity index (χ1n) is 9.83. The maximum atomic E-state index is 13.0. The molecule has 1 aromatic heterocycles. The van der Waals surface area contributed by atoms with E-state index in [1.807, 2.05) is 31.2 Å². The first-order valence-corrected chi connectivity index (χ1v) is 10.8. The van der Waals surface area contributed by atoms with E-state index >= 15 is 0 Å². The summed E-state index contributed by atoms with van der Waals surface area (Å²) in [7, 11) is 3.25. The number of aromatic nitrogens is 2. The summed E-state index contributed by atoms with van der Waals surface area (Å²) in [5.41, 5.74) is 3.02. The number of phenolic OH excluding ortho intramolecular Hbond substituents is 1. The van der Waals surface area contributed by atoms with Gasteiger partial charge in [-0.15, -0.1) is 0 Å². The van der Waals surface area contributed by atoms with Crippen molar-refractivity contribution in [2.24, 2.45) is 7.05 Å². The summed E-state index contributed by atoms with van der Waals surface area (Å²) >= 11 is 1.44. The van der Waals surface area contributed by atoms with E-state index in [2.05, 4.69) is 10.3 Å². The summed E-state index contributed by atoms with van der Waals surface area (Å²) in [4.78, 5) is 29.8. The van der Waals surface area contributed by atoms with Crippen molar-refractivity contribution in [2.75, 3.05) is 12.4 Å². The highest BCUT2D eigenvalue weighted by Gasteiger charge is 2.32. The summed E-state index contributed by atoms with van der Waals surface area (Å²) in [6.07, 6.45) is 0.103. The number of ether oxygens (including phenoxy) is 1. The van der Waals surface area contributed by atoms with Crippen LogP contribution in [0.5, 0.6) is 11.5 Å². The van der Waals surface area contributed by atoms with Crippen LogP contribution < -0.4 is 15.6 Å². The molecule has 2 aromatic carbocycles. The van der Waals surface area contributed by atoms with Gasteiger partial charge in [0.25, 0.3) is 5.56 Å². The highest BCUT2D eigenvalue weighted by atomic mass is 32.2. The Morgan fingerprint density at radius 1 is 1.23 bits per heavy atom. The number of rotatable bonds is 5. The number of phenols is 1. The number of nitrogens with one attached hydrogen (secondary N) is 1. The number of carbonyl (C=O) groups is 1. The molecule has 2 heterocycles. The van der Waals surface area contributed by atoms with Gasteiger partial charge in [0.2, 0.25) is 5.91 Å². The van der Waals surface area contributed by atoms with Gasteiger partial charge in [-0.25, -0.2) is 0 Å². The molecule has 0 saturated carbocycles. The van der Waals surface area contributed by atoms with Crippen LogP contribution in [-0.4, -0.2) is 27.7 Å². The predicted octanol–water partition coefficient (Wildman–Crippen LogP) is 3.57. The number of nitrogens with zero attached hydrogens (tertiary/aromatic N) is 2. The van der Waals surface area contributed by atoms with Crippen LogP contribution in [0.25, 0.3) is 0 Å². The van der Waals surface area contributed by atoms with Gasteiger partial charge in [0.1, 0.15) is 5.82 Å². The molecule has 0 spiro atoms. The third kappa shape index (κ3) is 4.16. The zero-order chi connectivity index (χ0) is 22.1. The van der Waals surface area contributed by atoms with E-state index < -0.39 is 5.92 Å². The Morgan fingerprint density at radius 3 is 2.65 bits per heavy atom. The van der Waals surface area contributed by atoms with Crippen molar-refractivity contribution in [2.45, 2.75) is 30.2 Å². The van der Waals surface area contributed by atoms with Crippen LogP contribution in [-0.2, 0) is 17.6 Å². The number of thioether (sulfide) groups is 1. The average Bonchev–Trinajstić information content (AvgIpc) is 2.75. The fourth-order valence-electron chi connectivity index (χ4n) is 3.71. The molecule has 8 heteroatoms. The number of hydrogen-bond acceptors (Lipinski definition) is 6. The highest BCUT2D eigenvalue weighted by Crippen LogP contribution is 2.38. The van der Waals surface area contributed by atoms with Crippen LogP contribution in [0.15, 0.2) is 52.4 Å². The number of aromatic hydroxyl groups is 1. The second-order valence-electron chi connectivity index (χ2n) is 7.53. The molecule has 0 radical (unpaired) electrons. The minimum atomic E-state index is -0.497. The number of hydrogen-bond donors (Lipinski definition) is 2. The van der Waals surface area contributed by atoms with Crippen molar-refractivity contribution < 1.29 is 14.6 Å². The van der Waals surface area contributed by atoms with Gasteiger partial charge in [-0.3, -0.25) is 9.59 Å². The Kier molecular flexibility index (Phi) is 5.73. The number of fused-ring (bicyclic) bond motifs is 1. The van der Waals surface area contributed by atoms with E-state index in [0.29, 0.717) is 33.6 Å². The molecule has 0 fully saturated rings. The van der Waals surface area contributed by atoms with Crippen LogP contribution in [0.1, 0.15) is 34.6 Å². The Balaban J connectivity index is 1.70. The first-order chi connectivity index (χ1) is 14.9. The molecule has 0 unspecified atom stereocenters. The van der Waals surface area contributed by atoms with E-state index in [-0.39, 0.29) is 23.6 Å². The quantitative estimate of drug-likeness (QED) is 0.468. The number of carbonyl (C=O) groups excluding carboxylic acids is 1. The fraction of sp³-hybridized carbons (Fsp3) is 0.261. The van der Waals surface area contributed by atoms with Crippen LogP contribution in [0.3, 0.4) is 0 Å². The first kappa shape index (κ1) is 21.0. The van der Waals surface area contributed by atoms with Crippen molar-refractivity contribution in [1.82, 2.24) is 9.55 Å². The van der Waals surface area contributed by atoms with Crippen molar-refractivity contribution >= 4 is 23.5 Å². The van der Waals surface area contributed by atoms with Gasteiger partial charge in [0.05, 0.1) is 12.7 Å². The maximum Gasteiger partial charge on any atom is 0.279 e. The van der Waals surface area contributed by atoms with Gasteiger partial charge in [0, 0.05) is 25.1 Å². The Labute approximate surface area is 184 Å². The summed E-state index contributed by atoms with van der Waals surface area (Å²) in [6.45, 7) is 2.04. The third-order valence-electron chi connectivity index (χ3n) is 5.39. The van der Waals surface area contributed by atoms with E-state index in [1.54, 1.807) is 23.7 Å². The summed E-state index contributed by atoms with van der Waals surface area (Å²) < 4.78 is 6.85. The topological polar surface area (TPSA) is 93.5 Å². The highest BCUT2D eigenvalue weighted by molar-refractivity contribution is 7.98. The van der Waals surface area contributed by atoms with Crippen molar-refractivity contribution in [3.05, 3.63) is 75.1 Å². The van der Waals surface area contributed by atoms with Gasteiger partial charge in [-0.05, 0) is 30.2 Å². The predicted molar refractivity (Wildman–Crippen MR) is 120 cm³/mol. The molecule has 1 amide bonds. The standard InChI is InChI=1S/C23H23N3O4S/c1-13-4-6-14(7-5-13)12-31-23-25-22(29)20-16(11-19(28)24-21(20)26(23)2)15-8-9-18(30-3)17(27)10-15/h4-10,16,27H,11-12H2,1-3H3,(H,24,28)/t16-/m1/s1. The van der Waals surface area contributed by atoms with Crippen molar-refractivity contribution in [3.63, 3.8) is 0 Å². The lowest BCUT2D eigenvalue weighted by Gasteiger charge is -2.27. The number of aryl methyl sites for hydroxylation is 1. The second-order valence-corrected chi connectivity index (χ2v) is 8.47. The Bertz CT molecular complexity index is 1200. The Hall–Kier alpha value is -3.26. The fourth-order valence-corrected chi connectivity index (χ4v) is 4.63. The Morgan fingerprint density at radius 2 is 1.97 bits per heavy atom. The van der Waals surface area contributed by atoms with Gasteiger partial charge < -0.3 is 19.7 Å². The SMILES string of the molecule is COc1ccc([C@H]2CC(=O)Nc3c2c(=O)nc(SCc2ccc(C)cc2)n3C)cc1O. The van der Waals surface area contributed by atoms with Gasteiger partial charge in [-0.1, -0.05) is 47.7 Å². The summed E-state index contributed by atoms with van der Waals surface area (Å²) in [5.74, 6) is 0.707. The molecule has 4 rings (SSSR count). The summed E-state index contributed by atoms with van der Waals surface area (Å²) in [6, 6.07) is 13.1. The van der Waals surface area contributed by atoms with Gasteiger partial charge >= 0.3 is 0 Å². The molecule has 31 heavy (non-hydrogen) atoms. The minimum absolute atomic E-state index is 0.0393. The van der Waals surface area contributed by atoms with Crippen molar-refractivity contribution in [1.29, 1.82) is 0 Å². The van der Waals surface area contributed by atoms with Gasteiger partial charge in [-0.2, -0.15) is 4.98 Å². The van der Waals surface area contributed by atoms with Crippen LogP contribution in [0, 0.1) is 6.92 Å². The molecule has 1 aliphatic heterocycles. The smallest absolute Gasteiger partial charge is 0.279 e. The molecule has 160 valence electrons. The monoisotopic (exact) mass is 437 g/mol. The van der Waals surface area contributed by atoms with E-state index in [9.17, 15) is 14.7 Å². The number of anilines is 1. The summed E-state index contributed by atoms with van der Waals surface area (Å²) in [5, 5.41) is 13.5. The normalized spacial score (nSPS) is 15.3. The van der Waals surface area contributed by atoms with Gasteiger partial charge in [0.15, 0.2) is 16.7 Å². The molecular weight excluding hydrogens is 414 g/mol. The minimum Gasteiger partial charge on any atom is -0.504 e. The molecule has 3 aromatic rings. The number of benzene rings is 2. The lowest BCUT2D eigenvalue weighted by molar-refractivity contribution is -0.116. The zero-order valence-corrected chi connectivity index (χ0v) is 18.3.